The number of benzene rings is 2. The molecule has 11 heteroatoms. The molecule has 1 fully saturated rings. The summed E-state index contributed by atoms with van der Waals surface area (Å²) in [5.74, 6) is -0.903. The summed E-state index contributed by atoms with van der Waals surface area (Å²) >= 11 is 0. The van der Waals surface area contributed by atoms with Crippen LogP contribution in [0.15, 0.2) is 73.1 Å². The Labute approximate surface area is 228 Å². The standard InChI is InChI=1S/C29H29F6N3O2/c1-38(18-20-7-5-11-36-16-20)26(39)27(22-8-3-2-4-9-22,23-10-6-12-37-17-23)40-19-21-13-24(28(30,31)32)15-25(14-21)29(33,34)35/h2-5,7-9,11,13-16,23,37H,6,10,12,17-19H2,1H3/t23-,27+/m0/s1. The number of rotatable bonds is 8. The van der Waals surface area contributed by atoms with Crippen molar-refractivity contribution in [2.45, 2.75) is 43.9 Å². The molecule has 0 saturated carbocycles. The first-order chi connectivity index (χ1) is 18.9. The molecule has 0 spiro atoms. The van der Waals surface area contributed by atoms with Crippen LogP contribution < -0.4 is 5.32 Å². The van der Waals surface area contributed by atoms with Crippen molar-refractivity contribution in [3.63, 3.8) is 0 Å². The fourth-order valence-electron chi connectivity index (χ4n) is 5.10. The topological polar surface area (TPSA) is 54.5 Å². The van der Waals surface area contributed by atoms with E-state index >= 15 is 0 Å². The first-order valence-corrected chi connectivity index (χ1v) is 12.7. The van der Waals surface area contributed by atoms with E-state index in [1.54, 1.807) is 61.9 Å². The number of nitrogens with one attached hydrogen (secondary N) is 1. The second-order valence-corrected chi connectivity index (χ2v) is 9.87. The highest BCUT2D eigenvalue weighted by atomic mass is 19.4. The van der Waals surface area contributed by atoms with Crippen LogP contribution in [-0.4, -0.2) is 35.9 Å². The van der Waals surface area contributed by atoms with E-state index in [4.69, 9.17) is 4.74 Å². The third kappa shape index (κ3) is 6.64. The molecule has 40 heavy (non-hydrogen) atoms. The minimum atomic E-state index is -5.00. The number of aromatic nitrogens is 1. The summed E-state index contributed by atoms with van der Waals surface area (Å²) in [6.07, 6.45) is -5.52. The number of likely N-dealkylation sites (N-methyl/N-ethyl adjacent to an activating group) is 1. The van der Waals surface area contributed by atoms with Crippen LogP contribution in [0.3, 0.4) is 0 Å². The van der Waals surface area contributed by atoms with Crippen LogP contribution in [0.25, 0.3) is 0 Å². The molecule has 1 amide bonds. The number of pyridine rings is 1. The van der Waals surface area contributed by atoms with Crippen LogP contribution in [0.1, 0.15) is 40.7 Å². The highest BCUT2D eigenvalue weighted by Crippen LogP contribution is 2.42. The Bertz CT molecular complexity index is 1250. The molecule has 0 unspecified atom stereocenters. The maximum Gasteiger partial charge on any atom is 0.416 e. The zero-order chi connectivity index (χ0) is 29.0. The Morgan fingerprint density at radius 1 is 0.950 bits per heavy atom. The van der Waals surface area contributed by atoms with Gasteiger partial charge in [0.2, 0.25) is 0 Å². The Kier molecular flexibility index (Phi) is 8.84. The van der Waals surface area contributed by atoms with E-state index in [0.29, 0.717) is 43.6 Å². The lowest BCUT2D eigenvalue weighted by Gasteiger charge is -2.43. The van der Waals surface area contributed by atoms with Gasteiger partial charge in [-0.2, -0.15) is 26.3 Å². The van der Waals surface area contributed by atoms with Gasteiger partial charge in [-0.15, -0.1) is 0 Å². The van der Waals surface area contributed by atoms with Crippen LogP contribution in [0, 0.1) is 5.92 Å². The van der Waals surface area contributed by atoms with Crippen LogP contribution in [0.5, 0.6) is 0 Å². The first-order valence-electron chi connectivity index (χ1n) is 12.7. The molecule has 0 radical (unpaired) electrons. The number of alkyl halides is 6. The first kappa shape index (κ1) is 29.5. The minimum Gasteiger partial charge on any atom is -0.355 e. The number of hydrogen-bond acceptors (Lipinski definition) is 4. The Balaban J connectivity index is 1.79. The lowest BCUT2D eigenvalue weighted by atomic mass is 9.76. The molecule has 214 valence electrons. The molecule has 5 nitrogen and oxygen atoms in total. The number of ether oxygens (including phenoxy) is 1. The van der Waals surface area contributed by atoms with E-state index in [1.165, 1.54) is 4.90 Å². The van der Waals surface area contributed by atoms with E-state index < -0.39 is 47.5 Å². The predicted octanol–water partition coefficient (Wildman–Crippen LogP) is 6.19. The van der Waals surface area contributed by atoms with Gasteiger partial charge in [0.05, 0.1) is 17.7 Å². The maximum absolute atomic E-state index is 14.3. The summed E-state index contributed by atoms with van der Waals surface area (Å²) in [4.78, 5) is 19.9. The molecule has 4 rings (SSSR count). The van der Waals surface area contributed by atoms with Crippen LogP contribution in [-0.2, 0) is 40.6 Å². The largest absolute Gasteiger partial charge is 0.416 e. The van der Waals surface area contributed by atoms with E-state index in [-0.39, 0.29) is 18.2 Å². The molecular formula is C29H29F6N3O2. The van der Waals surface area contributed by atoms with Gasteiger partial charge in [-0.25, -0.2) is 0 Å². The summed E-state index contributed by atoms with van der Waals surface area (Å²) in [7, 11) is 1.58. The highest BCUT2D eigenvalue weighted by molar-refractivity contribution is 5.87. The Morgan fingerprint density at radius 3 is 2.17 bits per heavy atom. The van der Waals surface area contributed by atoms with E-state index in [1.807, 2.05) is 0 Å². The Hall–Kier alpha value is -3.44. The summed E-state index contributed by atoms with van der Waals surface area (Å²) in [6.45, 7) is 0.610. The average Bonchev–Trinajstić information content (AvgIpc) is 2.94. The van der Waals surface area contributed by atoms with E-state index in [0.717, 1.165) is 5.56 Å². The number of piperidine rings is 1. The van der Waals surface area contributed by atoms with Crippen molar-refractivity contribution in [1.82, 2.24) is 15.2 Å². The number of nitrogens with zero attached hydrogens (tertiary/aromatic N) is 2. The normalized spacial score (nSPS) is 17.7. The lowest BCUT2D eigenvalue weighted by Crippen LogP contribution is -2.55. The summed E-state index contributed by atoms with van der Waals surface area (Å²) in [6, 6.07) is 13.4. The van der Waals surface area contributed by atoms with E-state index in [9.17, 15) is 31.1 Å². The van der Waals surface area contributed by atoms with Crippen molar-refractivity contribution < 1.29 is 35.9 Å². The second kappa shape index (κ2) is 12.0. The van der Waals surface area contributed by atoms with Crippen molar-refractivity contribution >= 4 is 5.91 Å². The van der Waals surface area contributed by atoms with Gasteiger partial charge in [0.15, 0.2) is 5.60 Å². The zero-order valence-corrected chi connectivity index (χ0v) is 21.7. The van der Waals surface area contributed by atoms with Crippen LogP contribution >= 0.6 is 0 Å². The van der Waals surface area contributed by atoms with Gasteiger partial charge >= 0.3 is 12.4 Å². The molecule has 3 aromatic rings. The molecule has 1 N–H and O–H groups in total. The molecule has 1 aliphatic rings. The molecule has 2 heterocycles. The van der Waals surface area contributed by atoms with Gasteiger partial charge in [-0.1, -0.05) is 36.4 Å². The highest BCUT2D eigenvalue weighted by Gasteiger charge is 2.50. The number of halogens is 6. The molecule has 2 atom stereocenters. The average molecular weight is 566 g/mol. The number of carbonyl (C=O) groups is 1. The lowest BCUT2D eigenvalue weighted by molar-refractivity contribution is -0.174. The molecule has 0 bridgehead atoms. The minimum absolute atomic E-state index is 0.0752. The van der Waals surface area contributed by atoms with Gasteiger partial charge in [0, 0.05) is 38.4 Å². The zero-order valence-electron chi connectivity index (χ0n) is 21.7. The molecule has 0 aliphatic carbocycles. The monoisotopic (exact) mass is 565 g/mol. The van der Waals surface area contributed by atoms with Crippen molar-refractivity contribution in [3.8, 4) is 0 Å². The van der Waals surface area contributed by atoms with Gasteiger partial charge in [-0.05, 0) is 60.3 Å². The number of amides is 1. The summed E-state index contributed by atoms with van der Waals surface area (Å²) < 4.78 is 87.5. The van der Waals surface area contributed by atoms with E-state index in [2.05, 4.69) is 10.3 Å². The SMILES string of the molecule is CN(Cc1cccnc1)C(=O)[C@@](OCc1cc(C(F)(F)F)cc(C(F)(F)F)c1)(c1ccccc1)[C@H]1CCCNC1. The molecule has 1 aliphatic heterocycles. The van der Waals surface area contributed by atoms with Gasteiger partial charge in [0.25, 0.3) is 5.91 Å². The predicted molar refractivity (Wildman–Crippen MR) is 136 cm³/mol. The molecule has 2 aromatic carbocycles. The van der Waals surface area contributed by atoms with Gasteiger partial charge in [0.1, 0.15) is 0 Å². The third-order valence-electron chi connectivity index (χ3n) is 7.00. The maximum atomic E-state index is 14.3. The fourth-order valence-corrected chi connectivity index (χ4v) is 5.10. The number of hydrogen-bond donors (Lipinski definition) is 1. The van der Waals surface area contributed by atoms with Gasteiger partial charge in [-0.3, -0.25) is 9.78 Å². The quantitative estimate of drug-likeness (QED) is 0.331. The third-order valence-corrected chi connectivity index (χ3v) is 7.00. The summed E-state index contributed by atoms with van der Waals surface area (Å²) in [5.41, 5.74) is -3.69. The second-order valence-electron chi connectivity index (χ2n) is 9.87. The number of carbonyl (C=O) groups excluding carboxylic acids is 1. The molecule has 1 saturated heterocycles. The molecule has 1 aromatic heterocycles. The van der Waals surface area contributed by atoms with Gasteiger partial charge < -0.3 is 15.0 Å². The van der Waals surface area contributed by atoms with Crippen molar-refractivity contribution in [2.24, 2.45) is 5.92 Å². The van der Waals surface area contributed by atoms with Crippen molar-refractivity contribution in [2.75, 3.05) is 20.1 Å². The smallest absolute Gasteiger partial charge is 0.355 e. The van der Waals surface area contributed by atoms with Crippen molar-refractivity contribution in [3.05, 3.63) is 101 Å². The van der Waals surface area contributed by atoms with Crippen LogP contribution in [0.2, 0.25) is 0 Å². The Morgan fingerprint density at radius 2 is 1.62 bits per heavy atom. The summed E-state index contributed by atoms with van der Waals surface area (Å²) in [5, 5.41) is 3.25. The van der Waals surface area contributed by atoms with Crippen LogP contribution in [0.4, 0.5) is 26.3 Å². The molecular weight excluding hydrogens is 536 g/mol. The van der Waals surface area contributed by atoms with Crippen molar-refractivity contribution in [1.29, 1.82) is 0 Å². The fraction of sp³-hybridized carbons (Fsp3) is 0.379.